The molecular weight excluding hydrogens is 536 g/mol. The maximum absolute atomic E-state index is 6.19. The Morgan fingerprint density at radius 2 is 0.500 bits per heavy atom. The second-order valence-electron chi connectivity index (χ2n) is 10.4. The Hall–Kier alpha value is -0.560. The largest absolute Gasteiger partial charge is 0.377 e. The van der Waals surface area contributed by atoms with E-state index >= 15 is 0 Å². The molecule has 5 rings (SSSR count). The van der Waals surface area contributed by atoms with Crippen LogP contribution in [0.5, 0.6) is 0 Å². The zero-order valence-electron chi connectivity index (χ0n) is 23.2. The third kappa shape index (κ3) is 9.74. The van der Waals surface area contributed by atoms with Gasteiger partial charge in [-0.25, -0.2) is 0 Å². The Balaban J connectivity index is 1.07. The van der Waals surface area contributed by atoms with Gasteiger partial charge >= 0.3 is 0 Å². The number of hydrogen-bond acceptors (Lipinski definition) is 14. The summed E-state index contributed by atoms with van der Waals surface area (Å²) in [4.78, 5) is 0. The van der Waals surface area contributed by atoms with Crippen LogP contribution in [0.2, 0.25) is 0 Å². The normalized spacial score (nSPS) is 40.8. The minimum Gasteiger partial charge on any atom is -0.377 e. The molecule has 40 heavy (non-hydrogen) atoms. The van der Waals surface area contributed by atoms with Crippen molar-refractivity contribution in [2.75, 3.05) is 132 Å². The predicted octanol–water partition coefficient (Wildman–Crippen LogP) is -0.846. The van der Waals surface area contributed by atoms with E-state index in [0.717, 1.165) is 0 Å². The van der Waals surface area contributed by atoms with E-state index in [0.29, 0.717) is 132 Å². The number of fused-ring (bicyclic) bond motifs is 4. The van der Waals surface area contributed by atoms with Gasteiger partial charge in [0.2, 0.25) is 11.6 Å². The lowest BCUT2D eigenvalue weighted by Gasteiger charge is -2.44. The molecule has 5 saturated heterocycles. The van der Waals surface area contributed by atoms with Gasteiger partial charge in [0.25, 0.3) is 0 Å². The van der Waals surface area contributed by atoms with Gasteiger partial charge in [0.1, 0.15) is 50.8 Å². The molecule has 4 unspecified atom stereocenters. The second-order valence-corrected chi connectivity index (χ2v) is 10.4. The number of ether oxygens (including phenoxy) is 14. The fraction of sp³-hybridized carbons (Fsp3) is 1.00. The molecule has 5 aliphatic heterocycles. The Bertz CT molecular complexity index is 599. The minimum atomic E-state index is -0.956. The smallest absolute Gasteiger partial charge is 0.216 e. The van der Waals surface area contributed by atoms with Crippen molar-refractivity contribution in [3.63, 3.8) is 0 Å². The molecule has 0 saturated carbocycles. The van der Waals surface area contributed by atoms with Gasteiger partial charge < -0.3 is 66.3 Å². The molecule has 5 aliphatic rings. The summed E-state index contributed by atoms with van der Waals surface area (Å²) in [5.41, 5.74) is 0. The van der Waals surface area contributed by atoms with Crippen LogP contribution < -0.4 is 0 Å². The molecular formula is C26H44O14. The van der Waals surface area contributed by atoms with Crippen molar-refractivity contribution in [2.24, 2.45) is 0 Å². The summed E-state index contributed by atoms with van der Waals surface area (Å²) in [6.07, 6.45) is -1.06. The molecule has 6 bridgehead atoms. The van der Waals surface area contributed by atoms with Gasteiger partial charge in [0.05, 0.1) is 106 Å². The highest BCUT2D eigenvalue weighted by molar-refractivity contribution is 4.83. The summed E-state index contributed by atoms with van der Waals surface area (Å²) in [5, 5.41) is 0. The quantitative estimate of drug-likeness (QED) is 0.353. The van der Waals surface area contributed by atoms with Crippen molar-refractivity contribution >= 4 is 0 Å². The maximum Gasteiger partial charge on any atom is 0.216 e. The lowest BCUT2D eigenvalue weighted by atomic mass is 10.2. The Morgan fingerprint density at radius 1 is 0.275 bits per heavy atom. The highest BCUT2D eigenvalue weighted by Crippen LogP contribution is 2.29. The minimum absolute atomic E-state index is 0.266. The van der Waals surface area contributed by atoms with Crippen LogP contribution in [0.15, 0.2) is 0 Å². The van der Waals surface area contributed by atoms with Gasteiger partial charge in [-0.15, -0.1) is 0 Å². The second kappa shape index (κ2) is 16.3. The Morgan fingerprint density at radius 3 is 0.775 bits per heavy atom. The summed E-state index contributed by atoms with van der Waals surface area (Å²) in [6.45, 7) is 7.76. The highest BCUT2D eigenvalue weighted by Gasteiger charge is 2.46. The van der Waals surface area contributed by atoms with Gasteiger partial charge in [0, 0.05) is 0 Å². The molecule has 0 aliphatic carbocycles. The molecule has 0 aromatic carbocycles. The van der Waals surface area contributed by atoms with Crippen molar-refractivity contribution in [3.05, 3.63) is 0 Å². The molecule has 4 atom stereocenters. The number of hydrogen-bond donors (Lipinski definition) is 0. The van der Waals surface area contributed by atoms with Gasteiger partial charge in [-0.05, 0) is 0 Å². The average molecular weight is 581 g/mol. The fourth-order valence-corrected chi connectivity index (χ4v) is 5.01. The van der Waals surface area contributed by atoms with Crippen LogP contribution in [-0.2, 0) is 66.3 Å². The molecule has 5 fully saturated rings. The summed E-state index contributed by atoms with van der Waals surface area (Å²) >= 11 is 0. The van der Waals surface area contributed by atoms with E-state index in [1.54, 1.807) is 0 Å². The van der Waals surface area contributed by atoms with Crippen molar-refractivity contribution in [3.8, 4) is 0 Å². The molecule has 232 valence electrons. The Kier molecular flexibility index (Phi) is 12.6. The number of rotatable bonds is 0. The lowest BCUT2D eigenvalue weighted by Crippen LogP contribution is -2.59. The van der Waals surface area contributed by atoms with Crippen LogP contribution in [-0.4, -0.2) is 168 Å². The molecule has 0 radical (unpaired) electrons. The highest BCUT2D eigenvalue weighted by atomic mass is 16.8. The van der Waals surface area contributed by atoms with E-state index in [-0.39, 0.29) is 24.4 Å². The molecule has 0 amide bonds. The van der Waals surface area contributed by atoms with E-state index in [9.17, 15) is 0 Å². The molecule has 14 nitrogen and oxygen atoms in total. The maximum atomic E-state index is 6.19. The van der Waals surface area contributed by atoms with Gasteiger partial charge in [0.15, 0.2) is 0 Å². The van der Waals surface area contributed by atoms with E-state index in [1.165, 1.54) is 0 Å². The van der Waals surface area contributed by atoms with Crippen LogP contribution in [0.3, 0.4) is 0 Å². The SMILES string of the molecule is C1COCC2COCC3(COCC(COCCOCCOCC4COCC5(COCC(COCCO1)O5)O4)O3)O2. The summed E-state index contributed by atoms with van der Waals surface area (Å²) in [5.74, 6) is -1.91. The third-order valence-corrected chi connectivity index (χ3v) is 6.73. The van der Waals surface area contributed by atoms with Crippen LogP contribution in [0.25, 0.3) is 0 Å². The van der Waals surface area contributed by atoms with E-state index in [1.807, 2.05) is 0 Å². The predicted molar refractivity (Wildman–Crippen MR) is 133 cm³/mol. The van der Waals surface area contributed by atoms with Crippen LogP contribution >= 0.6 is 0 Å². The van der Waals surface area contributed by atoms with E-state index in [2.05, 4.69) is 0 Å². The molecule has 14 heteroatoms. The van der Waals surface area contributed by atoms with Crippen LogP contribution in [0.4, 0.5) is 0 Å². The van der Waals surface area contributed by atoms with Crippen LogP contribution in [0.1, 0.15) is 0 Å². The van der Waals surface area contributed by atoms with Gasteiger partial charge in [-0.1, -0.05) is 0 Å². The summed E-state index contributed by atoms with van der Waals surface area (Å²) in [6, 6.07) is 0. The zero-order valence-corrected chi connectivity index (χ0v) is 23.2. The van der Waals surface area contributed by atoms with Crippen molar-refractivity contribution in [2.45, 2.75) is 36.0 Å². The van der Waals surface area contributed by atoms with Crippen molar-refractivity contribution < 1.29 is 66.3 Å². The third-order valence-electron chi connectivity index (χ3n) is 6.73. The van der Waals surface area contributed by atoms with Crippen LogP contribution in [0, 0.1) is 0 Å². The first-order chi connectivity index (χ1) is 19.7. The average Bonchev–Trinajstić information content (AvgIpc) is 2.95. The first-order valence-corrected chi connectivity index (χ1v) is 14.2. The fourth-order valence-electron chi connectivity index (χ4n) is 5.01. The molecule has 0 N–H and O–H groups in total. The zero-order chi connectivity index (χ0) is 27.4. The monoisotopic (exact) mass is 580 g/mol. The van der Waals surface area contributed by atoms with Gasteiger partial charge in [-0.2, -0.15) is 0 Å². The van der Waals surface area contributed by atoms with Crippen molar-refractivity contribution in [1.82, 2.24) is 0 Å². The van der Waals surface area contributed by atoms with Crippen molar-refractivity contribution in [1.29, 1.82) is 0 Å². The molecule has 5 heterocycles. The topological polar surface area (TPSA) is 129 Å². The molecule has 0 aromatic rings. The lowest BCUT2D eigenvalue weighted by molar-refractivity contribution is -0.376. The summed E-state index contributed by atoms with van der Waals surface area (Å²) in [7, 11) is 0. The standard InChI is InChI=1S/C26H44O14/c1-5-29-9-21-13-33-17-25(37-21)18-35-15-23(39-25)11-31-7-3-28-4-8-32-12-24-16-36-20-26(40-24)19-34-14-22(38-26)10-30-6-2-27-1/h21-24H,1-20H2. The van der Waals surface area contributed by atoms with E-state index < -0.39 is 11.6 Å². The van der Waals surface area contributed by atoms with E-state index in [4.69, 9.17) is 66.3 Å². The first-order valence-electron chi connectivity index (χ1n) is 14.2. The molecule has 2 spiro atoms. The molecule has 0 aromatic heterocycles. The van der Waals surface area contributed by atoms with Gasteiger partial charge in [-0.3, -0.25) is 0 Å². The summed E-state index contributed by atoms with van der Waals surface area (Å²) < 4.78 is 82.0. The first kappa shape index (κ1) is 30.9. The Labute approximate surface area is 234 Å².